The number of carbonyl (C=O) groups excluding carboxylic acids is 1. The van der Waals surface area contributed by atoms with Crippen LogP contribution >= 0.6 is 0 Å². The van der Waals surface area contributed by atoms with Crippen LogP contribution in [-0.4, -0.2) is 35.1 Å². The third-order valence-corrected chi connectivity index (χ3v) is 5.03. The van der Waals surface area contributed by atoms with Crippen molar-refractivity contribution < 1.29 is 9.32 Å². The Hall–Kier alpha value is -2.14. The van der Waals surface area contributed by atoms with Gasteiger partial charge in [0.25, 0.3) is 5.91 Å². The minimum atomic E-state index is -0.0379. The summed E-state index contributed by atoms with van der Waals surface area (Å²) in [5.41, 5.74) is 9.00. The van der Waals surface area contributed by atoms with Crippen LogP contribution in [0.25, 0.3) is 0 Å². The van der Waals surface area contributed by atoms with Crippen molar-refractivity contribution in [1.82, 2.24) is 10.1 Å². The maximum atomic E-state index is 12.9. The first-order valence-corrected chi connectivity index (χ1v) is 8.31. The number of rotatable bonds is 2. The molecule has 2 aliphatic rings. The summed E-state index contributed by atoms with van der Waals surface area (Å²) in [7, 11) is 0. The van der Waals surface area contributed by atoms with E-state index in [4.69, 9.17) is 10.3 Å². The summed E-state index contributed by atoms with van der Waals surface area (Å²) in [6.07, 6.45) is 3.99. The topological polar surface area (TPSA) is 72.4 Å². The fraction of sp³-hybridized carbons (Fsp3) is 0.444. The molecule has 23 heavy (non-hydrogen) atoms. The van der Waals surface area contributed by atoms with Crippen molar-refractivity contribution in [3.8, 4) is 0 Å². The van der Waals surface area contributed by atoms with Crippen molar-refractivity contribution in [2.75, 3.05) is 13.1 Å². The van der Waals surface area contributed by atoms with Crippen molar-refractivity contribution in [2.45, 2.75) is 37.6 Å². The van der Waals surface area contributed by atoms with E-state index in [1.807, 2.05) is 23.1 Å². The van der Waals surface area contributed by atoms with Gasteiger partial charge in [0.2, 0.25) is 0 Å². The van der Waals surface area contributed by atoms with E-state index < -0.39 is 0 Å². The quantitative estimate of drug-likeness (QED) is 0.922. The van der Waals surface area contributed by atoms with Crippen LogP contribution in [0.15, 0.2) is 34.9 Å². The number of nitrogens with two attached hydrogens (primary N) is 1. The number of amides is 1. The maximum absolute atomic E-state index is 12.9. The highest BCUT2D eigenvalue weighted by Gasteiger charge is 2.36. The highest BCUT2D eigenvalue weighted by atomic mass is 16.5. The molecule has 0 radical (unpaired) electrons. The smallest absolute Gasteiger partial charge is 0.276 e. The molecule has 1 aliphatic carbocycles. The molecule has 1 aliphatic heterocycles. The Balaban J connectivity index is 1.55. The zero-order valence-corrected chi connectivity index (χ0v) is 13.1. The normalized spacial score (nSPS) is 23.8. The van der Waals surface area contributed by atoms with Crippen LogP contribution in [-0.2, 0) is 12.8 Å². The van der Waals surface area contributed by atoms with Gasteiger partial charge in [-0.3, -0.25) is 4.79 Å². The second-order valence-corrected chi connectivity index (χ2v) is 6.53. The Bertz CT molecular complexity index is 710. The van der Waals surface area contributed by atoms with E-state index in [9.17, 15) is 4.79 Å². The molecule has 1 aromatic carbocycles. The van der Waals surface area contributed by atoms with Crippen LogP contribution in [0.4, 0.5) is 0 Å². The van der Waals surface area contributed by atoms with Crippen molar-refractivity contribution in [3.63, 3.8) is 0 Å². The van der Waals surface area contributed by atoms with Crippen molar-refractivity contribution in [1.29, 1.82) is 0 Å². The predicted octanol–water partition coefficient (Wildman–Crippen LogP) is 2.12. The molecule has 2 N–H and O–H groups in total. The van der Waals surface area contributed by atoms with Crippen molar-refractivity contribution in [3.05, 3.63) is 52.9 Å². The lowest BCUT2D eigenvalue weighted by molar-refractivity contribution is 0.0778. The minimum Gasteiger partial charge on any atom is -0.360 e. The third kappa shape index (κ3) is 2.55. The molecule has 120 valence electrons. The molecule has 1 fully saturated rings. The molecule has 0 bridgehead atoms. The molecular weight excluding hydrogens is 290 g/mol. The second-order valence-electron chi connectivity index (χ2n) is 6.53. The summed E-state index contributed by atoms with van der Waals surface area (Å²) in [6, 6.07) is 10.1. The number of aromatic nitrogens is 1. The van der Waals surface area contributed by atoms with Gasteiger partial charge in [0.15, 0.2) is 5.69 Å². The van der Waals surface area contributed by atoms with E-state index in [0.29, 0.717) is 18.8 Å². The number of hydrogen-bond acceptors (Lipinski definition) is 4. The Morgan fingerprint density at radius 2 is 1.96 bits per heavy atom. The predicted molar refractivity (Wildman–Crippen MR) is 86.2 cm³/mol. The largest absolute Gasteiger partial charge is 0.360 e. The first-order chi connectivity index (χ1) is 11.2. The van der Waals surface area contributed by atoms with Crippen LogP contribution in [0.5, 0.6) is 0 Å². The standard InChI is InChI=1S/C18H21N3O2/c19-15-11-21(10-14(15)12-6-2-1-3-7-12)18(22)17-13-8-4-5-9-16(13)23-20-17/h1-3,6-7,14-15H,4-5,8-11,19H2/t14-,15+/m0/s1. The fourth-order valence-electron chi connectivity index (χ4n) is 3.75. The maximum Gasteiger partial charge on any atom is 0.276 e. The first kappa shape index (κ1) is 14.5. The zero-order valence-electron chi connectivity index (χ0n) is 13.1. The molecule has 5 nitrogen and oxygen atoms in total. The molecule has 1 saturated heterocycles. The van der Waals surface area contributed by atoms with Crippen LogP contribution < -0.4 is 5.73 Å². The van der Waals surface area contributed by atoms with Gasteiger partial charge in [0, 0.05) is 37.0 Å². The first-order valence-electron chi connectivity index (χ1n) is 8.31. The number of fused-ring (bicyclic) bond motifs is 1. The average Bonchev–Trinajstić information content (AvgIpc) is 3.19. The van der Waals surface area contributed by atoms with Crippen molar-refractivity contribution in [2.24, 2.45) is 5.73 Å². The summed E-state index contributed by atoms with van der Waals surface area (Å²) < 4.78 is 5.38. The molecule has 1 amide bonds. The number of nitrogens with zero attached hydrogens (tertiary/aromatic N) is 2. The number of hydrogen-bond donors (Lipinski definition) is 1. The van der Waals surface area contributed by atoms with Gasteiger partial charge in [-0.1, -0.05) is 35.5 Å². The molecule has 2 heterocycles. The van der Waals surface area contributed by atoms with E-state index in [0.717, 1.165) is 37.0 Å². The highest BCUT2D eigenvalue weighted by Crippen LogP contribution is 2.30. The molecule has 1 aromatic heterocycles. The molecule has 0 spiro atoms. The van der Waals surface area contributed by atoms with Crippen molar-refractivity contribution >= 4 is 5.91 Å². The fourth-order valence-corrected chi connectivity index (χ4v) is 3.75. The van der Waals surface area contributed by atoms with Crippen LogP contribution in [0.1, 0.15) is 46.1 Å². The van der Waals surface area contributed by atoms with Gasteiger partial charge >= 0.3 is 0 Å². The summed E-state index contributed by atoms with van der Waals surface area (Å²) >= 11 is 0. The molecule has 5 heteroatoms. The monoisotopic (exact) mass is 311 g/mol. The van der Waals surface area contributed by atoms with Crippen LogP contribution in [0.3, 0.4) is 0 Å². The van der Waals surface area contributed by atoms with Gasteiger partial charge in [-0.2, -0.15) is 0 Å². The Labute approximate surface area is 135 Å². The zero-order chi connectivity index (χ0) is 15.8. The summed E-state index contributed by atoms with van der Waals surface area (Å²) in [5, 5.41) is 4.06. The summed E-state index contributed by atoms with van der Waals surface area (Å²) in [6.45, 7) is 1.21. The molecule has 0 unspecified atom stereocenters. The lowest BCUT2D eigenvalue weighted by Crippen LogP contribution is -2.33. The Morgan fingerprint density at radius 1 is 1.17 bits per heavy atom. The SMILES string of the molecule is N[C@@H]1CN(C(=O)c2noc3c2CCCC3)C[C@H]1c1ccccc1. The average molecular weight is 311 g/mol. The number of aryl methyl sites for hydroxylation is 1. The lowest BCUT2D eigenvalue weighted by Gasteiger charge is -2.16. The molecule has 2 aromatic rings. The van der Waals surface area contributed by atoms with Gasteiger partial charge < -0.3 is 15.2 Å². The van der Waals surface area contributed by atoms with Gasteiger partial charge in [-0.15, -0.1) is 0 Å². The van der Waals surface area contributed by atoms with Crippen LogP contribution in [0, 0.1) is 0 Å². The Morgan fingerprint density at radius 3 is 2.78 bits per heavy atom. The summed E-state index contributed by atoms with van der Waals surface area (Å²) in [5.74, 6) is 1.04. The van der Waals surface area contributed by atoms with E-state index in [1.165, 1.54) is 5.56 Å². The molecule has 4 rings (SSSR count). The van der Waals surface area contributed by atoms with E-state index in [2.05, 4.69) is 17.3 Å². The van der Waals surface area contributed by atoms with E-state index in [1.54, 1.807) is 0 Å². The minimum absolute atomic E-state index is 0.0363. The molecule has 2 atom stereocenters. The van der Waals surface area contributed by atoms with Gasteiger partial charge in [0.1, 0.15) is 5.76 Å². The van der Waals surface area contributed by atoms with Crippen LogP contribution in [0.2, 0.25) is 0 Å². The number of likely N-dealkylation sites (tertiary alicyclic amines) is 1. The molecule has 0 saturated carbocycles. The number of benzene rings is 1. The second kappa shape index (κ2) is 5.81. The lowest BCUT2D eigenvalue weighted by atomic mass is 9.95. The third-order valence-electron chi connectivity index (χ3n) is 5.03. The van der Waals surface area contributed by atoms with Gasteiger partial charge in [-0.05, 0) is 24.8 Å². The van der Waals surface area contributed by atoms with Gasteiger partial charge in [-0.25, -0.2) is 0 Å². The Kier molecular flexibility index (Phi) is 3.65. The van der Waals surface area contributed by atoms with E-state index in [-0.39, 0.29) is 17.9 Å². The van der Waals surface area contributed by atoms with E-state index >= 15 is 0 Å². The number of carbonyl (C=O) groups is 1. The summed E-state index contributed by atoms with van der Waals surface area (Å²) in [4.78, 5) is 14.7. The highest BCUT2D eigenvalue weighted by molar-refractivity contribution is 5.94. The van der Waals surface area contributed by atoms with Gasteiger partial charge in [0.05, 0.1) is 0 Å². The molecular formula is C18H21N3O2.